The standard InChI is InChI=1S/C15H19N3S/c1-16-14-10-13(11-5-2-3-6-11)17-15(18-14)9-12-7-4-8-19-12/h4,7-8,10-11H,2-3,5-6,9H2,1H3,(H,16,17,18). The third kappa shape index (κ3) is 2.95. The van der Waals surface area contributed by atoms with Crippen LogP contribution in [0.3, 0.4) is 0 Å². The van der Waals surface area contributed by atoms with Gasteiger partial charge in [0.1, 0.15) is 11.6 Å². The molecule has 4 heteroatoms. The Morgan fingerprint density at radius 3 is 2.84 bits per heavy atom. The highest BCUT2D eigenvalue weighted by molar-refractivity contribution is 7.09. The van der Waals surface area contributed by atoms with Crippen LogP contribution in [0, 0.1) is 0 Å². The highest BCUT2D eigenvalue weighted by Gasteiger charge is 2.19. The molecule has 1 fully saturated rings. The van der Waals surface area contributed by atoms with Gasteiger partial charge < -0.3 is 5.32 Å². The van der Waals surface area contributed by atoms with E-state index in [0.717, 1.165) is 18.1 Å². The third-order valence-electron chi connectivity index (χ3n) is 3.73. The number of hydrogen-bond donors (Lipinski definition) is 1. The molecule has 0 saturated heterocycles. The minimum Gasteiger partial charge on any atom is -0.373 e. The second kappa shape index (κ2) is 5.70. The van der Waals surface area contributed by atoms with Crippen LogP contribution in [0.15, 0.2) is 23.6 Å². The summed E-state index contributed by atoms with van der Waals surface area (Å²) in [5, 5.41) is 5.27. The molecule has 1 saturated carbocycles. The zero-order valence-corrected chi connectivity index (χ0v) is 12.0. The maximum absolute atomic E-state index is 4.79. The van der Waals surface area contributed by atoms with Gasteiger partial charge in [-0.3, -0.25) is 0 Å². The number of aromatic nitrogens is 2. The lowest BCUT2D eigenvalue weighted by atomic mass is 10.0. The SMILES string of the molecule is CNc1cc(C2CCCC2)nc(Cc2cccs2)n1. The summed E-state index contributed by atoms with van der Waals surface area (Å²) in [7, 11) is 1.93. The third-order valence-corrected chi connectivity index (χ3v) is 4.61. The Morgan fingerprint density at radius 1 is 1.32 bits per heavy atom. The smallest absolute Gasteiger partial charge is 0.136 e. The molecule has 0 amide bonds. The fourth-order valence-corrected chi connectivity index (χ4v) is 3.43. The number of anilines is 1. The summed E-state index contributed by atoms with van der Waals surface area (Å²) in [5.41, 5.74) is 1.23. The van der Waals surface area contributed by atoms with E-state index in [-0.39, 0.29) is 0 Å². The van der Waals surface area contributed by atoms with Crippen LogP contribution in [-0.4, -0.2) is 17.0 Å². The quantitative estimate of drug-likeness (QED) is 0.920. The van der Waals surface area contributed by atoms with Crippen LogP contribution in [0.4, 0.5) is 5.82 Å². The van der Waals surface area contributed by atoms with Gasteiger partial charge in [0.2, 0.25) is 0 Å². The van der Waals surface area contributed by atoms with E-state index in [4.69, 9.17) is 4.98 Å². The zero-order valence-electron chi connectivity index (χ0n) is 11.2. The molecule has 2 aromatic rings. The van der Waals surface area contributed by atoms with E-state index in [9.17, 15) is 0 Å². The first-order chi connectivity index (χ1) is 9.35. The van der Waals surface area contributed by atoms with Crippen molar-refractivity contribution in [2.24, 2.45) is 0 Å². The van der Waals surface area contributed by atoms with Crippen LogP contribution in [0.25, 0.3) is 0 Å². The fourth-order valence-electron chi connectivity index (χ4n) is 2.72. The Balaban J connectivity index is 1.88. The first-order valence-corrected chi connectivity index (χ1v) is 7.81. The van der Waals surface area contributed by atoms with Crippen molar-refractivity contribution < 1.29 is 0 Å². The number of rotatable bonds is 4. The highest BCUT2D eigenvalue weighted by Crippen LogP contribution is 2.33. The molecule has 19 heavy (non-hydrogen) atoms. The summed E-state index contributed by atoms with van der Waals surface area (Å²) in [5.74, 6) is 2.52. The van der Waals surface area contributed by atoms with Crippen LogP contribution in [0.1, 0.15) is 48.0 Å². The second-order valence-electron chi connectivity index (χ2n) is 5.08. The van der Waals surface area contributed by atoms with Crippen molar-refractivity contribution in [1.82, 2.24) is 9.97 Å². The summed E-state index contributed by atoms with van der Waals surface area (Å²) in [6.45, 7) is 0. The predicted octanol–water partition coefficient (Wildman–Crippen LogP) is 3.83. The lowest BCUT2D eigenvalue weighted by Crippen LogP contribution is -2.06. The van der Waals surface area contributed by atoms with Crippen LogP contribution in [0.5, 0.6) is 0 Å². The van der Waals surface area contributed by atoms with Gasteiger partial charge in [-0.15, -0.1) is 11.3 Å². The van der Waals surface area contributed by atoms with Crippen molar-refractivity contribution in [1.29, 1.82) is 0 Å². The summed E-state index contributed by atoms with van der Waals surface area (Å²) >= 11 is 1.77. The van der Waals surface area contributed by atoms with Crippen LogP contribution in [-0.2, 0) is 6.42 Å². The van der Waals surface area contributed by atoms with Gasteiger partial charge in [0, 0.05) is 36.0 Å². The van der Waals surface area contributed by atoms with Crippen molar-refractivity contribution in [3.05, 3.63) is 40.0 Å². The van der Waals surface area contributed by atoms with Crippen molar-refractivity contribution in [3.63, 3.8) is 0 Å². The molecule has 0 aromatic carbocycles. The van der Waals surface area contributed by atoms with Crippen molar-refractivity contribution >= 4 is 17.2 Å². The molecule has 0 aliphatic heterocycles. The summed E-state index contributed by atoms with van der Waals surface area (Å²) < 4.78 is 0. The van der Waals surface area contributed by atoms with Gasteiger partial charge in [-0.1, -0.05) is 18.9 Å². The maximum Gasteiger partial charge on any atom is 0.136 e. The normalized spacial score (nSPS) is 15.8. The lowest BCUT2D eigenvalue weighted by Gasteiger charge is -2.12. The van der Waals surface area contributed by atoms with Gasteiger partial charge in [0.25, 0.3) is 0 Å². The highest BCUT2D eigenvalue weighted by atomic mass is 32.1. The molecule has 0 atom stereocenters. The molecule has 1 aliphatic carbocycles. The first-order valence-electron chi connectivity index (χ1n) is 6.93. The predicted molar refractivity (Wildman–Crippen MR) is 79.9 cm³/mol. The molecule has 0 radical (unpaired) electrons. The molecule has 0 spiro atoms. The van der Waals surface area contributed by atoms with Crippen LogP contribution >= 0.6 is 11.3 Å². The van der Waals surface area contributed by atoms with Crippen molar-refractivity contribution in [2.75, 3.05) is 12.4 Å². The van der Waals surface area contributed by atoms with E-state index in [1.165, 1.54) is 36.3 Å². The van der Waals surface area contributed by atoms with Crippen LogP contribution < -0.4 is 5.32 Å². The first kappa shape index (κ1) is 12.6. The van der Waals surface area contributed by atoms with Crippen molar-refractivity contribution in [3.8, 4) is 0 Å². The summed E-state index contributed by atoms with van der Waals surface area (Å²) in [6, 6.07) is 6.35. The average molecular weight is 273 g/mol. The van der Waals surface area contributed by atoms with Gasteiger partial charge in [-0.2, -0.15) is 0 Å². The van der Waals surface area contributed by atoms with E-state index in [1.807, 2.05) is 7.05 Å². The number of nitrogens with zero attached hydrogens (tertiary/aromatic N) is 2. The second-order valence-corrected chi connectivity index (χ2v) is 6.11. The Hall–Kier alpha value is -1.42. The molecular formula is C15H19N3S. The Bertz CT molecular complexity index is 530. The summed E-state index contributed by atoms with van der Waals surface area (Å²) in [6.07, 6.45) is 6.07. The van der Waals surface area contributed by atoms with Crippen molar-refractivity contribution in [2.45, 2.75) is 38.0 Å². The van der Waals surface area contributed by atoms with E-state index in [0.29, 0.717) is 5.92 Å². The van der Waals surface area contributed by atoms with E-state index in [1.54, 1.807) is 11.3 Å². The zero-order chi connectivity index (χ0) is 13.1. The van der Waals surface area contributed by atoms with E-state index >= 15 is 0 Å². The van der Waals surface area contributed by atoms with E-state index in [2.05, 4.69) is 33.9 Å². The largest absolute Gasteiger partial charge is 0.373 e. The average Bonchev–Trinajstić information content (AvgIpc) is 3.11. The molecular weight excluding hydrogens is 254 g/mol. The van der Waals surface area contributed by atoms with Gasteiger partial charge in [-0.05, 0) is 24.3 Å². The van der Waals surface area contributed by atoms with Gasteiger partial charge in [0.15, 0.2) is 0 Å². The fraction of sp³-hybridized carbons (Fsp3) is 0.467. The van der Waals surface area contributed by atoms with Gasteiger partial charge >= 0.3 is 0 Å². The van der Waals surface area contributed by atoms with Gasteiger partial charge in [-0.25, -0.2) is 9.97 Å². The number of hydrogen-bond acceptors (Lipinski definition) is 4. The minimum absolute atomic E-state index is 0.636. The molecule has 3 nitrogen and oxygen atoms in total. The monoisotopic (exact) mass is 273 g/mol. The van der Waals surface area contributed by atoms with Gasteiger partial charge in [0.05, 0.1) is 0 Å². The Morgan fingerprint density at radius 2 is 2.16 bits per heavy atom. The summed E-state index contributed by atoms with van der Waals surface area (Å²) in [4.78, 5) is 10.7. The molecule has 0 bridgehead atoms. The molecule has 1 aliphatic rings. The molecule has 1 N–H and O–H groups in total. The topological polar surface area (TPSA) is 37.8 Å². The molecule has 0 unspecified atom stereocenters. The number of nitrogens with one attached hydrogen (secondary N) is 1. The minimum atomic E-state index is 0.636. The molecule has 3 rings (SSSR count). The van der Waals surface area contributed by atoms with Crippen LogP contribution in [0.2, 0.25) is 0 Å². The molecule has 2 aromatic heterocycles. The number of thiophene rings is 1. The lowest BCUT2D eigenvalue weighted by molar-refractivity contribution is 0.687. The molecule has 2 heterocycles. The Labute approximate surface area is 118 Å². The Kier molecular flexibility index (Phi) is 3.78. The van der Waals surface area contributed by atoms with E-state index < -0.39 is 0 Å². The molecule has 100 valence electrons. The maximum atomic E-state index is 4.79.